The number of nitrogens with zero attached hydrogens (tertiary/aromatic N) is 3. The van der Waals surface area contributed by atoms with Crippen LogP contribution in [0.15, 0.2) is 73.1 Å². The van der Waals surface area contributed by atoms with E-state index in [0.29, 0.717) is 23.6 Å². The maximum atomic E-state index is 13.1. The summed E-state index contributed by atoms with van der Waals surface area (Å²) in [6.45, 7) is 2.35. The van der Waals surface area contributed by atoms with Crippen LogP contribution in [0.5, 0.6) is 11.5 Å². The molecule has 0 spiro atoms. The van der Waals surface area contributed by atoms with Crippen LogP contribution in [0.3, 0.4) is 0 Å². The molecule has 1 amide bonds. The van der Waals surface area contributed by atoms with Crippen LogP contribution in [0.4, 0.5) is 5.69 Å². The Morgan fingerprint density at radius 1 is 0.963 bits per heavy atom. The first-order valence-electron chi connectivity index (χ1n) is 8.97. The van der Waals surface area contributed by atoms with Crippen molar-refractivity contribution in [1.29, 1.82) is 0 Å². The number of carbonyl (C=O) groups excluding carboxylic acids is 1. The number of amides is 1. The van der Waals surface area contributed by atoms with Crippen LogP contribution < -0.4 is 9.64 Å². The summed E-state index contributed by atoms with van der Waals surface area (Å²) in [6, 6.07) is 19.0. The number of hydrogen-bond donors (Lipinski definition) is 0. The Morgan fingerprint density at radius 2 is 1.78 bits per heavy atom. The lowest BCUT2D eigenvalue weighted by Gasteiger charge is -2.23. The molecule has 0 atom stereocenters. The molecule has 0 radical (unpaired) electrons. The van der Waals surface area contributed by atoms with E-state index in [1.165, 1.54) is 5.56 Å². The molecular formula is C22H21N3O2. The third-order valence-corrected chi connectivity index (χ3v) is 4.64. The van der Waals surface area contributed by atoms with Gasteiger partial charge in [0.2, 0.25) is 0 Å². The summed E-state index contributed by atoms with van der Waals surface area (Å²) >= 11 is 0. The molecule has 1 aliphatic heterocycles. The number of hydrogen-bond acceptors (Lipinski definition) is 4. The van der Waals surface area contributed by atoms with Gasteiger partial charge in [0.05, 0.1) is 6.20 Å². The fraction of sp³-hybridized carbons (Fsp3) is 0.182. The molecular weight excluding hydrogens is 338 g/mol. The Bertz CT molecular complexity index is 926. The minimum Gasteiger partial charge on any atom is -0.456 e. The Balaban J connectivity index is 1.56. The maximum absolute atomic E-state index is 13.1. The number of carbonyl (C=O) groups is 1. The Morgan fingerprint density at radius 3 is 2.56 bits per heavy atom. The van der Waals surface area contributed by atoms with Gasteiger partial charge in [-0.2, -0.15) is 0 Å². The molecule has 5 heteroatoms. The van der Waals surface area contributed by atoms with Crippen molar-refractivity contribution >= 4 is 11.6 Å². The molecule has 0 saturated heterocycles. The fourth-order valence-corrected chi connectivity index (χ4v) is 3.24. The van der Waals surface area contributed by atoms with E-state index in [4.69, 9.17) is 4.74 Å². The van der Waals surface area contributed by atoms with Gasteiger partial charge < -0.3 is 14.5 Å². The average Bonchev–Trinajstić information content (AvgIpc) is 2.87. The number of anilines is 1. The molecule has 2 aromatic carbocycles. The number of ether oxygens (including phenoxy) is 1. The average molecular weight is 359 g/mol. The fourth-order valence-electron chi connectivity index (χ4n) is 3.24. The van der Waals surface area contributed by atoms with Crippen LogP contribution in [0.1, 0.15) is 15.9 Å². The summed E-state index contributed by atoms with van der Waals surface area (Å²) in [4.78, 5) is 21.3. The lowest BCUT2D eigenvalue weighted by atomic mass is 10.1. The van der Waals surface area contributed by atoms with Gasteiger partial charge in [-0.05, 0) is 55.1 Å². The second-order valence-electron chi connectivity index (χ2n) is 6.64. The van der Waals surface area contributed by atoms with Crippen molar-refractivity contribution < 1.29 is 9.53 Å². The van der Waals surface area contributed by atoms with Crippen molar-refractivity contribution in [2.75, 3.05) is 25.0 Å². The third kappa shape index (κ3) is 3.83. The van der Waals surface area contributed by atoms with E-state index in [-0.39, 0.29) is 5.91 Å². The molecule has 5 nitrogen and oxygen atoms in total. The van der Waals surface area contributed by atoms with Crippen molar-refractivity contribution in [2.45, 2.75) is 6.54 Å². The van der Waals surface area contributed by atoms with Crippen LogP contribution in [0, 0.1) is 0 Å². The van der Waals surface area contributed by atoms with Crippen LogP contribution in [0.25, 0.3) is 0 Å². The van der Waals surface area contributed by atoms with E-state index < -0.39 is 0 Å². The highest BCUT2D eigenvalue weighted by atomic mass is 16.5. The molecule has 1 aliphatic rings. The predicted molar refractivity (Wildman–Crippen MR) is 105 cm³/mol. The summed E-state index contributed by atoms with van der Waals surface area (Å²) in [6.07, 6.45) is 3.36. The highest BCUT2D eigenvalue weighted by molar-refractivity contribution is 6.06. The lowest BCUT2D eigenvalue weighted by Crippen LogP contribution is -2.35. The van der Waals surface area contributed by atoms with E-state index >= 15 is 0 Å². The summed E-state index contributed by atoms with van der Waals surface area (Å²) in [5, 5.41) is 0. The second kappa shape index (κ2) is 7.60. The zero-order valence-electron chi connectivity index (χ0n) is 15.2. The summed E-state index contributed by atoms with van der Waals surface area (Å²) in [5.74, 6) is 1.35. The van der Waals surface area contributed by atoms with E-state index in [1.54, 1.807) is 12.4 Å². The highest BCUT2D eigenvalue weighted by Gasteiger charge is 2.23. The topological polar surface area (TPSA) is 45.7 Å². The Labute approximate surface area is 158 Å². The molecule has 2 heterocycles. The minimum absolute atomic E-state index is 0.00526. The Kier molecular flexibility index (Phi) is 4.85. The van der Waals surface area contributed by atoms with E-state index in [9.17, 15) is 4.79 Å². The maximum Gasteiger partial charge on any atom is 0.258 e. The van der Waals surface area contributed by atoms with Crippen LogP contribution in [0.2, 0.25) is 0 Å². The number of pyridine rings is 1. The van der Waals surface area contributed by atoms with E-state index in [2.05, 4.69) is 23.0 Å². The summed E-state index contributed by atoms with van der Waals surface area (Å²) < 4.78 is 5.75. The smallest absolute Gasteiger partial charge is 0.258 e. The van der Waals surface area contributed by atoms with E-state index in [1.807, 2.05) is 59.5 Å². The van der Waals surface area contributed by atoms with Crippen LogP contribution >= 0.6 is 0 Å². The largest absolute Gasteiger partial charge is 0.456 e. The number of rotatable bonds is 3. The molecule has 27 heavy (non-hydrogen) atoms. The van der Waals surface area contributed by atoms with Crippen molar-refractivity contribution in [2.24, 2.45) is 0 Å². The quantitative estimate of drug-likeness (QED) is 0.710. The van der Waals surface area contributed by atoms with Gasteiger partial charge in [0.25, 0.3) is 5.91 Å². The number of likely N-dealkylation sites (N-methyl/N-ethyl adjacent to an activating group) is 1. The molecule has 4 rings (SSSR count). The van der Waals surface area contributed by atoms with Crippen molar-refractivity contribution in [3.05, 3.63) is 84.2 Å². The van der Waals surface area contributed by atoms with Gasteiger partial charge in [0.15, 0.2) is 0 Å². The van der Waals surface area contributed by atoms with Crippen molar-refractivity contribution in [1.82, 2.24) is 9.88 Å². The number of aromatic nitrogens is 1. The number of fused-ring (bicyclic) bond motifs is 1. The zero-order valence-corrected chi connectivity index (χ0v) is 15.2. The number of benzene rings is 2. The van der Waals surface area contributed by atoms with Crippen molar-refractivity contribution in [3.63, 3.8) is 0 Å². The molecule has 0 bridgehead atoms. The molecule has 0 saturated carbocycles. The molecule has 0 fully saturated rings. The first kappa shape index (κ1) is 17.2. The van der Waals surface area contributed by atoms with Crippen LogP contribution in [-0.4, -0.2) is 35.9 Å². The second-order valence-corrected chi connectivity index (χ2v) is 6.64. The van der Waals surface area contributed by atoms with Gasteiger partial charge in [0, 0.05) is 37.1 Å². The molecule has 0 unspecified atom stereocenters. The standard InChI is InChI=1S/C22H21N3O2/c1-24-13-14-25(21-7-3-2-5-18(21)16-24)22(26)17-8-10-19(11-9-17)27-20-6-4-12-23-15-20/h2-12,15H,13-14,16H2,1H3. The monoisotopic (exact) mass is 359 g/mol. The normalized spacial score (nSPS) is 14.3. The zero-order chi connectivity index (χ0) is 18.6. The van der Waals surface area contributed by atoms with Crippen LogP contribution in [-0.2, 0) is 6.54 Å². The van der Waals surface area contributed by atoms with Gasteiger partial charge >= 0.3 is 0 Å². The first-order valence-corrected chi connectivity index (χ1v) is 8.97. The molecule has 136 valence electrons. The minimum atomic E-state index is 0.00526. The number of para-hydroxylation sites is 1. The van der Waals surface area contributed by atoms with E-state index in [0.717, 1.165) is 18.8 Å². The Hall–Kier alpha value is -3.18. The summed E-state index contributed by atoms with van der Waals surface area (Å²) in [5.41, 5.74) is 2.80. The van der Waals surface area contributed by atoms with Gasteiger partial charge in [-0.3, -0.25) is 9.78 Å². The van der Waals surface area contributed by atoms with Gasteiger partial charge in [-0.1, -0.05) is 18.2 Å². The third-order valence-electron chi connectivity index (χ3n) is 4.64. The molecule has 0 N–H and O–H groups in total. The summed E-state index contributed by atoms with van der Waals surface area (Å²) in [7, 11) is 2.08. The van der Waals surface area contributed by atoms with Crippen molar-refractivity contribution in [3.8, 4) is 11.5 Å². The van der Waals surface area contributed by atoms with Gasteiger partial charge in [-0.25, -0.2) is 0 Å². The SMILES string of the molecule is CN1CCN(C(=O)c2ccc(Oc3cccnc3)cc2)c2ccccc2C1. The lowest BCUT2D eigenvalue weighted by molar-refractivity contribution is 0.0986. The highest BCUT2D eigenvalue weighted by Crippen LogP contribution is 2.27. The first-order chi connectivity index (χ1) is 13.2. The molecule has 3 aromatic rings. The van der Waals surface area contributed by atoms with Gasteiger partial charge in [0.1, 0.15) is 11.5 Å². The molecule has 0 aliphatic carbocycles. The molecule has 1 aromatic heterocycles. The predicted octanol–water partition coefficient (Wildman–Crippen LogP) is 3.97. The van der Waals surface area contributed by atoms with Gasteiger partial charge in [-0.15, -0.1) is 0 Å².